The molecule has 0 bridgehead atoms. The van der Waals surface area contributed by atoms with Crippen molar-refractivity contribution in [3.05, 3.63) is 53.6 Å². The monoisotopic (exact) mass is 581 g/mol. The third-order valence-electron chi connectivity index (χ3n) is 7.39. The van der Waals surface area contributed by atoms with E-state index in [4.69, 9.17) is 9.84 Å². The number of carbonyl (C=O) groups excluding carboxylic acids is 3. The number of nitrogens with one attached hydrogen (secondary N) is 3. The van der Waals surface area contributed by atoms with Gasteiger partial charge in [0.15, 0.2) is 0 Å². The predicted molar refractivity (Wildman–Crippen MR) is 162 cm³/mol. The molecule has 2 atom stereocenters. The second-order valence-electron chi connectivity index (χ2n) is 11.7. The van der Waals surface area contributed by atoms with E-state index in [1.165, 1.54) is 16.9 Å². The van der Waals surface area contributed by atoms with Crippen LogP contribution in [0.3, 0.4) is 0 Å². The molecule has 1 heterocycles. The van der Waals surface area contributed by atoms with Crippen LogP contribution in [-0.2, 0) is 16.1 Å². The zero-order valence-electron chi connectivity index (χ0n) is 25.5. The molecule has 3 rings (SSSR count). The molecule has 42 heavy (non-hydrogen) atoms. The first-order valence-corrected chi connectivity index (χ1v) is 14.2. The fourth-order valence-electron chi connectivity index (χ4n) is 5.06. The molecule has 2 aromatic rings. The van der Waals surface area contributed by atoms with Crippen LogP contribution in [-0.4, -0.2) is 70.1 Å². The van der Waals surface area contributed by atoms with Gasteiger partial charge in [0, 0.05) is 24.8 Å². The number of urea groups is 2. The average molecular weight is 582 g/mol. The fourth-order valence-corrected chi connectivity index (χ4v) is 5.06. The SMILES string of the molecule is COc1cc(CN2C(=O)N(C(CNC(C)CC(=O)O)CC(C)C)C(=O)C2(C)C)ccc1NC(=O)Nc1ccccc1C. The van der Waals surface area contributed by atoms with Gasteiger partial charge < -0.3 is 30.7 Å². The quantitative estimate of drug-likeness (QED) is 0.243. The Hall–Kier alpha value is -4.12. The highest BCUT2D eigenvalue weighted by molar-refractivity contribution is 6.07. The molecule has 1 aliphatic heterocycles. The van der Waals surface area contributed by atoms with Crippen molar-refractivity contribution in [2.45, 2.75) is 78.6 Å². The van der Waals surface area contributed by atoms with E-state index in [0.717, 1.165) is 11.1 Å². The Morgan fingerprint density at radius 3 is 2.31 bits per heavy atom. The molecule has 0 saturated carbocycles. The number of amides is 5. The molecule has 11 nitrogen and oxygen atoms in total. The number of aryl methyl sites for hydroxylation is 1. The van der Waals surface area contributed by atoms with Gasteiger partial charge in [-0.1, -0.05) is 38.1 Å². The lowest BCUT2D eigenvalue weighted by atomic mass is 9.99. The molecule has 0 aromatic heterocycles. The standard InChI is InChI=1S/C31H43N5O6/c1-19(2)14-23(17-32-21(4)15-27(37)38)36-28(39)31(5,6)35(30(36)41)18-22-12-13-25(26(16-22)42-7)34-29(40)33-24-11-9-8-10-20(24)3/h8-13,16,19,21,23,32H,14-15,17-18H2,1-7H3,(H,37,38)(H2,33,34,40). The summed E-state index contributed by atoms with van der Waals surface area (Å²) in [6, 6.07) is 11.1. The Morgan fingerprint density at radius 1 is 1.02 bits per heavy atom. The van der Waals surface area contributed by atoms with Crippen molar-refractivity contribution in [2.24, 2.45) is 5.92 Å². The first kappa shape index (κ1) is 32.4. The first-order chi connectivity index (χ1) is 19.7. The summed E-state index contributed by atoms with van der Waals surface area (Å²) >= 11 is 0. The van der Waals surface area contributed by atoms with Crippen LogP contribution in [0.25, 0.3) is 0 Å². The van der Waals surface area contributed by atoms with Gasteiger partial charge in [0.25, 0.3) is 5.91 Å². The van der Waals surface area contributed by atoms with E-state index < -0.39 is 29.6 Å². The van der Waals surface area contributed by atoms with E-state index in [1.54, 1.807) is 39.0 Å². The van der Waals surface area contributed by atoms with Crippen LogP contribution in [0.15, 0.2) is 42.5 Å². The molecule has 0 aliphatic carbocycles. The number of aliphatic carboxylic acids is 1. The van der Waals surface area contributed by atoms with Crippen LogP contribution in [0.2, 0.25) is 0 Å². The van der Waals surface area contributed by atoms with Crippen LogP contribution in [0.5, 0.6) is 5.75 Å². The summed E-state index contributed by atoms with van der Waals surface area (Å²) in [4.78, 5) is 54.0. The van der Waals surface area contributed by atoms with E-state index in [9.17, 15) is 19.2 Å². The number of nitrogens with zero attached hydrogens (tertiary/aromatic N) is 2. The highest BCUT2D eigenvalue weighted by Crippen LogP contribution is 2.34. The van der Waals surface area contributed by atoms with Crippen LogP contribution >= 0.6 is 0 Å². The van der Waals surface area contributed by atoms with Gasteiger partial charge in [0.1, 0.15) is 11.3 Å². The molecule has 0 spiro atoms. The number of para-hydroxylation sites is 1. The van der Waals surface area contributed by atoms with Gasteiger partial charge in [-0.25, -0.2) is 9.59 Å². The number of anilines is 2. The maximum atomic E-state index is 13.8. The summed E-state index contributed by atoms with van der Waals surface area (Å²) < 4.78 is 5.54. The second-order valence-corrected chi connectivity index (χ2v) is 11.7. The number of hydrogen-bond donors (Lipinski definition) is 4. The minimum atomic E-state index is -1.10. The molecule has 2 unspecified atom stereocenters. The smallest absolute Gasteiger partial charge is 0.328 e. The topological polar surface area (TPSA) is 140 Å². The normalized spacial score (nSPS) is 16.0. The highest BCUT2D eigenvalue weighted by atomic mass is 16.5. The van der Waals surface area contributed by atoms with Crippen molar-refractivity contribution in [2.75, 3.05) is 24.3 Å². The van der Waals surface area contributed by atoms with Gasteiger partial charge in [-0.3, -0.25) is 14.5 Å². The summed E-state index contributed by atoms with van der Waals surface area (Å²) in [6.07, 6.45) is 0.515. The molecule has 0 radical (unpaired) electrons. The van der Waals surface area contributed by atoms with Gasteiger partial charge >= 0.3 is 18.0 Å². The summed E-state index contributed by atoms with van der Waals surface area (Å²) in [5.41, 5.74) is 1.70. The number of methoxy groups -OCH3 is 1. The molecule has 11 heteroatoms. The molecule has 1 fully saturated rings. The lowest BCUT2D eigenvalue weighted by molar-refractivity contribution is -0.137. The van der Waals surface area contributed by atoms with Crippen LogP contribution in [0.4, 0.5) is 21.0 Å². The van der Waals surface area contributed by atoms with Crippen molar-refractivity contribution in [3.63, 3.8) is 0 Å². The third-order valence-corrected chi connectivity index (χ3v) is 7.39. The fraction of sp³-hybridized carbons (Fsp3) is 0.484. The maximum absolute atomic E-state index is 13.8. The number of carboxylic acid groups (broad SMARTS) is 1. The van der Waals surface area contributed by atoms with Gasteiger partial charge in [-0.15, -0.1) is 0 Å². The molecule has 4 N–H and O–H groups in total. The van der Waals surface area contributed by atoms with E-state index in [1.807, 2.05) is 45.0 Å². The van der Waals surface area contributed by atoms with Gasteiger partial charge in [0.05, 0.1) is 25.3 Å². The van der Waals surface area contributed by atoms with Gasteiger partial charge in [-0.2, -0.15) is 0 Å². The minimum Gasteiger partial charge on any atom is -0.495 e. The van der Waals surface area contributed by atoms with E-state index >= 15 is 0 Å². The van der Waals surface area contributed by atoms with Crippen molar-refractivity contribution >= 4 is 35.3 Å². The molecular weight excluding hydrogens is 538 g/mol. The van der Waals surface area contributed by atoms with Crippen LogP contribution in [0, 0.1) is 12.8 Å². The zero-order chi connectivity index (χ0) is 31.2. The molecule has 1 saturated heterocycles. The number of imide groups is 1. The molecule has 1 aliphatic rings. The number of carboxylic acids is 1. The number of rotatable bonds is 13. The summed E-state index contributed by atoms with van der Waals surface area (Å²) in [5, 5.41) is 17.9. The first-order valence-electron chi connectivity index (χ1n) is 14.2. The summed E-state index contributed by atoms with van der Waals surface area (Å²) in [5.74, 6) is -0.602. The number of benzene rings is 2. The molecule has 2 aromatic carbocycles. The Kier molecular flexibility index (Phi) is 10.6. The predicted octanol–water partition coefficient (Wildman–Crippen LogP) is 5.06. The number of ether oxygens (including phenoxy) is 1. The van der Waals surface area contributed by atoms with E-state index in [-0.39, 0.29) is 30.8 Å². The van der Waals surface area contributed by atoms with E-state index in [2.05, 4.69) is 16.0 Å². The average Bonchev–Trinajstić information content (AvgIpc) is 3.07. The largest absolute Gasteiger partial charge is 0.495 e. The number of carbonyl (C=O) groups is 4. The van der Waals surface area contributed by atoms with Crippen molar-refractivity contribution in [1.82, 2.24) is 15.1 Å². The van der Waals surface area contributed by atoms with Crippen LogP contribution < -0.4 is 20.7 Å². The lowest BCUT2D eigenvalue weighted by Crippen LogP contribution is -2.49. The maximum Gasteiger partial charge on any atom is 0.328 e. The molecule has 228 valence electrons. The highest BCUT2D eigenvalue weighted by Gasteiger charge is 2.53. The Morgan fingerprint density at radius 2 is 1.69 bits per heavy atom. The molecular formula is C31H43N5O6. The lowest BCUT2D eigenvalue weighted by Gasteiger charge is -2.29. The van der Waals surface area contributed by atoms with Gasteiger partial charge in [0.2, 0.25) is 0 Å². The Labute approximate surface area is 247 Å². The van der Waals surface area contributed by atoms with E-state index in [0.29, 0.717) is 30.1 Å². The minimum absolute atomic E-state index is 0.0614. The van der Waals surface area contributed by atoms with Crippen molar-refractivity contribution < 1.29 is 29.0 Å². The Bertz CT molecular complexity index is 1310. The number of hydrogen-bond acceptors (Lipinski definition) is 6. The van der Waals surface area contributed by atoms with Crippen molar-refractivity contribution in [3.8, 4) is 5.75 Å². The van der Waals surface area contributed by atoms with Gasteiger partial charge in [-0.05, 0) is 69.4 Å². The zero-order valence-corrected chi connectivity index (χ0v) is 25.5. The summed E-state index contributed by atoms with van der Waals surface area (Å²) in [7, 11) is 1.49. The second kappa shape index (κ2) is 13.7. The Balaban J connectivity index is 1.77. The van der Waals surface area contributed by atoms with Crippen LogP contribution in [0.1, 0.15) is 58.6 Å². The summed E-state index contributed by atoms with van der Waals surface area (Å²) in [6.45, 7) is 11.6. The molecule has 5 amide bonds. The third kappa shape index (κ3) is 7.79. The van der Waals surface area contributed by atoms with Crippen molar-refractivity contribution in [1.29, 1.82) is 0 Å².